The number of ether oxygens (including phenoxy) is 2. The van der Waals surface area contributed by atoms with Crippen LogP contribution in [0.2, 0.25) is 0 Å². The zero-order valence-electron chi connectivity index (χ0n) is 10.7. The molecule has 0 bridgehead atoms. The number of carbonyl (C=O) groups is 1. The van der Waals surface area contributed by atoms with Gasteiger partial charge in [-0.1, -0.05) is 0 Å². The molecule has 0 saturated heterocycles. The quantitative estimate of drug-likeness (QED) is 0.357. The lowest BCUT2D eigenvalue weighted by Crippen LogP contribution is -2.22. The Morgan fingerprint density at radius 1 is 1.45 bits per heavy atom. The van der Waals surface area contributed by atoms with Gasteiger partial charge in [-0.25, -0.2) is 18.6 Å². The van der Waals surface area contributed by atoms with E-state index in [1.165, 1.54) is 6.92 Å². The Morgan fingerprint density at radius 3 is 2.45 bits per heavy atom. The Hall–Kier alpha value is -2.53. The van der Waals surface area contributed by atoms with Crippen LogP contribution in [0.1, 0.15) is 29.4 Å². The second kappa shape index (κ2) is 6.49. The van der Waals surface area contributed by atoms with Gasteiger partial charge in [0, 0.05) is 0 Å². The van der Waals surface area contributed by atoms with E-state index in [-0.39, 0.29) is 12.8 Å². The van der Waals surface area contributed by atoms with Crippen molar-refractivity contribution >= 4 is 11.7 Å². The summed E-state index contributed by atoms with van der Waals surface area (Å²) in [7, 11) is 0. The lowest BCUT2D eigenvalue weighted by atomic mass is 10.1. The van der Waals surface area contributed by atoms with E-state index >= 15 is 0 Å². The van der Waals surface area contributed by atoms with Crippen molar-refractivity contribution in [2.24, 2.45) is 0 Å². The fraction of sp³-hybridized carbons (Fsp3) is 0.400. The summed E-state index contributed by atoms with van der Waals surface area (Å²) in [5, 5.41) is 10.6. The van der Waals surface area contributed by atoms with Gasteiger partial charge in [-0.2, -0.15) is 0 Å². The summed E-state index contributed by atoms with van der Waals surface area (Å²) in [5.74, 6) is -3.24. The molecular weight excluding hydrogens is 323 g/mol. The number of rotatable bonds is 5. The van der Waals surface area contributed by atoms with E-state index in [1.54, 1.807) is 0 Å². The van der Waals surface area contributed by atoms with Crippen molar-refractivity contribution in [3.8, 4) is 5.75 Å². The van der Waals surface area contributed by atoms with Crippen molar-refractivity contribution in [3.63, 3.8) is 0 Å². The molecule has 7 nitrogen and oxygen atoms in total. The first-order valence-electron chi connectivity index (χ1n) is 5.46. The summed E-state index contributed by atoms with van der Waals surface area (Å²) in [6.45, 7) is 1.02. The van der Waals surface area contributed by atoms with Crippen molar-refractivity contribution in [1.82, 2.24) is 4.98 Å². The monoisotopic (exact) mass is 330 g/mol. The van der Waals surface area contributed by atoms with Gasteiger partial charge in [0.05, 0.1) is 11.5 Å². The average Bonchev–Trinajstić information content (AvgIpc) is 2.35. The van der Waals surface area contributed by atoms with Gasteiger partial charge in [-0.15, -0.1) is 13.2 Å². The normalized spacial score (nSPS) is 11.4. The first-order valence-corrected chi connectivity index (χ1v) is 5.46. The van der Waals surface area contributed by atoms with Gasteiger partial charge < -0.3 is 9.47 Å². The Balaban J connectivity index is 3.61. The summed E-state index contributed by atoms with van der Waals surface area (Å²) in [4.78, 5) is 23.8. The average molecular weight is 330 g/mol. The van der Waals surface area contributed by atoms with Crippen molar-refractivity contribution < 1.29 is 41.1 Å². The molecule has 0 aliphatic heterocycles. The highest BCUT2D eigenvalue weighted by molar-refractivity contribution is 5.91. The number of nitrogens with zero attached hydrogens (tertiary/aromatic N) is 2. The molecule has 0 aromatic carbocycles. The highest BCUT2D eigenvalue weighted by Crippen LogP contribution is 2.40. The van der Waals surface area contributed by atoms with Crippen LogP contribution in [-0.2, 0) is 4.74 Å². The van der Waals surface area contributed by atoms with Gasteiger partial charge in [0.25, 0.3) is 12.1 Å². The van der Waals surface area contributed by atoms with E-state index in [2.05, 4.69) is 14.5 Å². The molecule has 0 fully saturated rings. The van der Waals surface area contributed by atoms with Crippen molar-refractivity contribution in [3.05, 3.63) is 27.6 Å². The molecule has 0 saturated carbocycles. The van der Waals surface area contributed by atoms with Crippen LogP contribution in [0.4, 0.5) is 27.6 Å². The number of halogens is 5. The summed E-state index contributed by atoms with van der Waals surface area (Å²) in [6.07, 6.45) is -8.95. The Morgan fingerprint density at radius 2 is 2.05 bits per heavy atom. The molecule has 0 radical (unpaired) electrons. The van der Waals surface area contributed by atoms with E-state index in [0.29, 0.717) is 0 Å². The largest absolute Gasteiger partial charge is 0.573 e. The van der Waals surface area contributed by atoms with Crippen LogP contribution in [0.25, 0.3) is 0 Å². The molecular formula is C10H7F5N2O5. The minimum absolute atomic E-state index is 0.233. The summed E-state index contributed by atoms with van der Waals surface area (Å²) < 4.78 is 70.5. The molecule has 12 heteroatoms. The van der Waals surface area contributed by atoms with Crippen LogP contribution in [0.15, 0.2) is 6.20 Å². The number of hydrogen-bond donors (Lipinski definition) is 0. The Labute approximate surface area is 118 Å². The molecule has 1 rings (SSSR count). The van der Waals surface area contributed by atoms with Crippen LogP contribution in [0.3, 0.4) is 0 Å². The second-order valence-electron chi connectivity index (χ2n) is 3.56. The van der Waals surface area contributed by atoms with E-state index in [0.717, 1.165) is 0 Å². The number of nitro groups is 1. The zero-order chi connectivity index (χ0) is 17.1. The first kappa shape index (κ1) is 17.5. The molecule has 0 aliphatic carbocycles. The number of pyridine rings is 1. The van der Waals surface area contributed by atoms with Crippen molar-refractivity contribution in [2.45, 2.75) is 19.7 Å². The second-order valence-corrected chi connectivity index (χ2v) is 3.56. The number of alkyl halides is 5. The van der Waals surface area contributed by atoms with Crippen LogP contribution in [0.5, 0.6) is 5.75 Å². The Kier molecular flexibility index (Phi) is 5.17. The molecule has 0 unspecified atom stereocenters. The van der Waals surface area contributed by atoms with Gasteiger partial charge in [0.2, 0.25) is 0 Å². The molecule has 0 spiro atoms. The number of carbonyl (C=O) groups excluding carboxylic acids is 1. The maximum absolute atomic E-state index is 12.9. The molecule has 1 aromatic heterocycles. The number of aromatic nitrogens is 1. The molecule has 1 heterocycles. The third-order valence-corrected chi connectivity index (χ3v) is 2.15. The van der Waals surface area contributed by atoms with Gasteiger partial charge >= 0.3 is 12.3 Å². The van der Waals surface area contributed by atoms with E-state index < -0.39 is 46.4 Å². The molecule has 22 heavy (non-hydrogen) atoms. The van der Waals surface area contributed by atoms with Crippen LogP contribution in [-0.4, -0.2) is 28.8 Å². The van der Waals surface area contributed by atoms with Gasteiger partial charge in [0.1, 0.15) is 11.8 Å². The summed E-state index contributed by atoms with van der Waals surface area (Å²) in [6, 6.07) is 0. The summed E-state index contributed by atoms with van der Waals surface area (Å²) >= 11 is 0. The third kappa shape index (κ3) is 3.99. The highest BCUT2D eigenvalue weighted by atomic mass is 19.4. The first-order chi connectivity index (χ1) is 10.1. The van der Waals surface area contributed by atoms with Crippen molar-refractivity contribution in [1.29, 1.82) is 0 Å². The number of esters is 1. The zero-order valence-corrected chi connectivity index (χ0v) is 10.7. The maximum Gasteiger partial charge on any atom is 0.573 e. The molecule has 0 aliphatic rings. The van der Waals surface area contributed by atoms with Gasteiger partial charge in [0.15, 0.2) is 11.4 Å². The van der Waals surface area contributed by atoms with Gasteiger partial charge in [-0.3, -0.25) is 10.1 Å². The standard InChI is InChI=1S/C10H7F5N2O5/c1-2-21-9(18)6-7(22-10(13,14)15)5(8(11)12)4(3-16-6)17(19)20/h3,8H,2H2,1H3. The third-order valence-electron chi connectivity index (χ3n) is 2.15. The minimum Gasteiger partial charge on any atom is -0.461 e. The smallest absolute Gasteiger partial charge is 0.461 e. The van der Waals surface area contributed by atoms with Crippen LogP contribution < -0.4 is 4.74 Å². The SMILES string of the molecule is CCOC(=O)c1ncc([N+](=O)[O-])c(C(F)F)c1OC(F)(F)F. The highest BCUT2D eigenvalue weighted by Gasteiger charge is 2.40. The lowest BCUT2D eigenvalue weighted by molar-refractivity contribution is -0.386. The topological polar surface area (TPSA) is 91.6 Å². The lowest BCUT2D eigenvalue weighted by Gasteiger charge is -2.15. The van der Waals surface area contributed by atoms with Crippen molar-refractivity contribution in [2.75, 3.05) is 6.61 Å². The molecule has 0 amide bonds. The van der Waals surface area contributed by atoms with Crippen LogP contribution >= 0.6 is 0 Å². The van der Waals surface area contributed by atoms with E-state index in [9.17, 15) is 36.9 Å². The van der Waals surface area contributed by atoms with E-state index in [4.69, 9.17) is 0 Å². The number of hydrogen-bond acceptors (Lipinski definition) is 6. The molecule has 0 atom stereocenters. The predicted octanol–water partition coefficient (Wildman–Crippen LogP) is 3.00. The fourth-order valence-electron chi connectivity index (χ4n) is 1.42. The molecule has 1 aromatic rings. The Bertz CT molecular complexity index is 590. The fourth-order valence-corrected chi connectivity index (χ4v) is 1.42. The summed E-state index contributed by atoms with van der Waals surface area (Å²) in [5.41, 5.74) is -4.36. The van der Waals surface area contributed by atoms with Gasteiger partial charge in [-0.05, 0) is 6.92 Å². The predicted molar refractivity (Wildman–Crippen MR) is 58.5 cm³/mol. The minimum atomic E-state index is -5.47. The molecule has 122 valence electrons. The van der Waals surface area contributed by atoms with Crippen LogP contribution in [0, 0.1) is 10.1 Å². The maximum atomic E-state index is 12.9. The van der Waals surface area contributed by atoms with E-state index in [1.807, 2.05) is 0 Å². The molecule has 0 N–H and O–H groups in total.